The van der Waals surface area contributed by atoms with Gasteiger partial charge in [-0.1, -0.05) is 47.5 Å². The Balaban J connectivity index is 1.79. The Morgan fingerprint density at radius 3 is 2.74 bits per heavy atom. The van der Waals surface area contributed by atoms with E-state index in [1.165, 1.54) is 0 Å². The molecule has 120 valence electrons. The zero-order chi connectivity index (χ0) is 16.4. The minimum absolute atomic E-state index is 0.0474. The molecule has 1 aliphatic heterocycles. The first-order chi connectivity index (χ1) is 11.1. The van der Waals surface area contributed by atoms with Crippen LogP contribution in [0, 0.1) is 6.92 Å². The fourth-order valence-corrected chi connectivity index (χ4v) is 4.07. The number of aryl methyl sites for hydroxylation is 1. The highest BCUT2D eigenvalue weighted by atomic mass is 35.5. The zero-order valence-electron chi connectivity index (χ0n) is 12.6. The summed E-state index contributed by atoms with van der Waals surface area (Å²) < 4.78 is 0. The number of urea groups is 1. The maximum absolute atomic E-state index is 12.6. The number of halogens is 2. The molecule has 3 nitrogen and oxygen atoms in total. The Kier molecular flexibility index (Phi) is 5.05. The first-order valence-corrected chi connectivity index (χ1v) is 9.06. The van der Waals surface area contributed by atoms with E-state index in [1.807, 2.05) is 48.2 Å². The van der Waals surface area contributed by atoms with Gasteiger partial charge in [0.25, 0.3) is 0 Å². The van der Waals surface area contributed by atoms with Crippen LogP contribution in [0.5, 0.6) is 0 Å². The summed E-state index contributed by atoms with van der Waals surface area (Å²) in [4.78, 5) is 14.5. The van der Waals surface area contributed by atoms with Gasteiger partial charge in [-0.3, -0.25) is 0 Å². The van der Waals surface area contributed by atoms with Crippen LogP contribution in [-0.4, -0.2) is 23.2 Å². The predicted octanol–water partition coefficient (Wildman–Crippen LogP) is 5.58. The second kappa shape index (κ2) is 7.04. The molecule has 0 spiro atoms. The Morgan fingerprint density at radius 2 is 2.00 bits per heavy atom. The van der Waals surface area contributed by atoms with Crippen LogP contribution in [0.15, 0.2) is 42.5 Å². The minimum atomic E-state index is -0.0969. The van der Waals surface area contributed by atoms with Gasteiger partial charge in [0.1, 0.15) is 5.37 Å². The van der Waals surface area contributed by atoms with Gasteiger partial charge >= 0.3 is 6.03 Å². The summed E-state index contributed by atoms with van der Waals surface area (Å²) >= 11 is 13.8. The van der Waals surface area contributed by atoms with Gasteiger partial charge in [-0.05, 0) is 36.2 Å². The van der Waals surface area contributed by atoms with Crippen molar-refractivity contribution in [3.8, 4) is 0 Å². The molecule has 1 N–H and O–H groups in total. The topological polar surface area (TPSA) is 32.3 Å². The van der Waals surface area contributed by atoms with E-state index < -0.39 is 0 Å². The molecular formula is C17H16Cl2N2OS. The number of amides is 2. The quantitative estimate of drug-likeness (QED) is 0.751. The molecule has 6 heteroatoms. The number of nitrogens with zero attached hydrogens (tertiary/aromatic N) is 1. The van der Waals surface area contributed by atoms with Crippen molar-refractivity contribution in [2.45, 2.75) is 12.3 Å². The van der Waals surface area contributed by atoms with Crippen molar-refractivity contribution in [2.75, 3.05) is 17.6 Å². The molecule has 0 aliphatic carbocycles. The normalized spacial score (nSPS) is 17.3. The summed E-state index contributed by atoms with van der Waals surface area (Å²) in [6, 6.07) is 13.2. The number of benzene rings is 2. The van der Waals surface area contributed by atoms with E-state index in [0.717, 1.165) is 22.6 Å². The van der Waals surface area contributed by atoms with Crippen LogP contribution >= 0.6 is 35.0 Å². The number of para-hydroxylation sites is 1. The minimum Gasteiger partial charge on any atom is -0.308 e. The maximum Gasteiger partial charge on any atom is 0.323 e. The van der Waals surface area contributed by atoms with Crippen LogP contribution in [-0.2, 0) is 0 Å². The fraction of sp³-hybridized carbons (Fsp3) is 0.235. The summed E-state index contributed by atoms with van der Waals surface area (Å²) in [5.74, 6) is 0.895. The van der Waals surface area contributed by atoms with E-state index in [2.05, 4.69) is 5.32 Å². The van der Waals surface area contributed by atoms with Gasteiger partial charge in [0.2, 0.25) is 0 Å². The number of carbonyl (C=O) groups is 1. The first kappa shape index (κ1) is 16.5. The number of hydrogen-bond donors (Lipinski definition) is 1. The Labute approximate surface area is 150 Å². The first-order valence-electron chi connectivity index (χ1n) is 7.26. The number of nitrogens with one attached hydrogen (secondary N) is 1. The monoisotopic (exact) mass is 366 g/mol. The molecule has 0 aromatic heterocycles. The van der Waals surface area contributed by atoms with Gasteiger partial charge < -0.3 is 10.2 Å². The molecule has 1 saturated heterocycles. The standard InChI is InChI=1S/C17H16Cl2N2OS/c1-11-4-2-3-5-15(11)20-17(22)21-8-9-23-16(21)12-6-7-13(18)14(19)10-12/h2-7,10,16H,8-9H2,1H3,(H,20,22)/t16-/m0/s1. The predicted molar refractivity (Wildman–Crippen MR) is 98.6 cm³/mol. The highest BCUT2D eigenvalue weighted by Gasteiger charge is 2.31. The van der Waals surface area contributed by atoms with Crippen molar-refractivity contribution in [1.29, 1.82) is 0 Å². The van der Waals surface area contributed by atoms with Crippen LogP contribution in [0.3, 0.4) is 0 Å². The van der Waals surface area contributed by atoms with E-state index in [-0.39, 0.29) is 11.4 Å². The zero-order valence-corrected chi connectivity index (χ0v) is 14.9. The smallest absolute Gasteiger partial charge is 0.308 e. The molecule has 2 aromatic rings. The average molecular weight is 367 g/mol. The lowest BCUT2D eigenvalue weighted by Gasteiger charge is -2.25. The molecule has 1 heterocycles. The molecular weight excluding hydrogens is 351 g/mol. The van der Waals surface area contributed by atoms with Crippen molar-refractivity contribution in [2.24, 2.45) is 0 Å². The molecule has 0 saturated carbocycles. The van der Waals surface area contributed by atoms with E-state index in [1.54, 1.807) is 17.8 Å². The Bertz CT molecular complexity index is 738. The summed E-state index contributed by atoms with van der Waals surface area (Å²) in [7, 11) is 0. The second-order valence-corrected chi connectivity index (χ2v) is 7.34. The van der Waals surface area contributed by atoms with Crippen LogP contribution in [0.1, 0.15) is 16.5 Å². The molecule has 2 amide bonds. The molecule has 0 bridgehead atoms. The van der Waals surface area contributed by atoms with Gasteiger partial charge in [0.15, 0.2) is 0 Å². The third-order valence-corrected chi connectivity index (χ3v) is 5.77. The second-order valence-electron chi connectivity index (χ2n) is 5.34. The van der Waals surface area contributed by atoms with E-state index in [9.17, 15) is 4.79 Å². The van der Waals surface area contributed by atoms with Gasteiger partial charge in [0, 0.05) is 18.0 Å². The van der Waals surface area contributed by atoms with Crippen LogP contribution in [0.25, 0.3) is 0 Å². The highest BCUT2D eigenvalue weighted by molar-refractivity contribution is 7.99. The maximum atomic E-state index is 12.6. The molecule has 0 unspecified atom stereocenters. The summed E-state index contributed by atoms with van der Waals surface area (Å²) in [5.41, 5.74) is 2.86. The molecule has 3 rings (SSSR count). The third kappa shape index (κ3) is 3.60. The van der Waals surface area contributed by atoms with Crippen molar-refractivity contribution in [3.05, 3.63) is 63.6 Å². The third-order valence-electron chi connectivity index (χ3n) is 3.77. The average Bonchev–Trinajstić information content (AvgIpc) is 3.02. The number of rotatable bonds is 2. The largest absolute Gasteiger partial charge is 0.323 e. The number of carbonyl (C=O) groups excluding carboxylic acids is 1. The summed E-state index contributed by atoms with van der Waals surface area (Å²) in [6.45, 7) is 2.68. The highest BCUT2D eigenvalue weighted by Crippen LogP contribution is 2.40. The lowest BCUT2D eigenvalue weighted by atomic mass is 10.2. The van der Waals surface area contributed by atoms with Crippen LogP contribution in [0.4, 0.5) is 10.5 Å². The van der Waals surface area contributed by atoms with Crippen molar-refractivity contribution in [1.82, 2.24) is 4.90 Å². The van der Waals surface area contributed by atoms with E-state index in [0.29, 0.717) is 16.6 Å². The summed E-state index contributed by atoms with van der Waals surface area (Å²) in [5, 5.41) is 3.98. The fourth-order valence-electron chi connectivity index (χ4n) is 2.52. The SMILES string of the molecule is Cc1ccccc1NC(=O)N1CCS[C@H]1c1ccc(Cl)c(Cl)c1. The molecule has 2 aromatic carbocycles. The molecule has 1 atom stereocenters. The lowest BCUT2D eigenvalue weighted by molar-refractivity contribution is 0.214. The van der Waals surface area contributed by atoms with Gasteiger partial charge in [-0.15, -0.1) is 11.8 Å². The lowest BCUT2D eigenvalue weighted by Crippen LogP contribution is -2.34. The van der Waals surface area contributed by atoms with E-state index in [4.69, 9.17) is 23.2 Å². The van der Waals surface area contributed by atoms with Crippen LogP contribution < -0.4 is 5.32 Å². The van der Waals surface area contributed by atoms with Crippen molar-refractivity contribution < 1.29 is 4.79 Å². The number of hydrogen-bond acceptors (Lipinski definition) is 2. The molecule has 23 heavy (non-hydrogen) atoms. The number of thioether (sulfide) groups is 1. The van der Waals surface area contributed by atoms with Gasteiger partial charge in [-0.25, -0.2) is 4.79 Å². The van der Waals surface area contributed by atoms with Crippen molar-refractivity contribution >= 4 is 46.7 Å². The Hall–Kier alpha value is -1.36. The number of anilines is 1. The van der Waals surface area contributed by atoms with Gasteiger partial charge in [0.05, 0.1) is 10.0 Å². The summed E-state index contributed by atoms with van der Waals surface area (Å²) in [6.07, 6.45) is 0. The van der Waals surface area contributed by atoms with Gasteiger partial charge in [-0.2, -0.15) is 0 Å². The molecule has 1 fully saturated rings. The van der Waals surface area contributed by atoms with Crippen molar-refractivity contribution in [3.63, 3.8) is 0 Å². The molecule has 1 aliphatic rings. The molecule has 0 radical (unpaired) electrons. The van der Waals surface area contributed by atoms with E-state index >= 15 is 0 Å². The van der Waals surface area contributed by atoms with Crippen LogP contribution in [0.2, 0.25) is 10.0 Å². The Morgan fingerprint density at radius 1 is 1.22 bits per heavy atom.